The number of carbonyl (C=O) groups excluding carboxylic acids is 2. The number of carbonyl (C=O) groups is 2. The minimum absolute atomic E-state index is 0.151. The van der Waals surface area contributed by atoms with Gasteiger partial charge in [-0.1, -0.05) is 31.2 Å². The van der Waals surface area contributed by atoms with Crippen LogP contribution in [0.1, 0.15) is 24.2 Å². The molecule has 2 aromatic carbocycles. The molecule has 1 aliphatic heterocycles. The van der Waals surface area contributed by atoms with Gasteiger partial charge in [-0.2, -0.15) is 0 Å². The number of rotatable bonds is 8. The Morgan fingerprint density at radius 3 is 2.59 bits per heavy atom. The summed E-state index contributed by atoms with van der Waals surface area (Å²) < 4.78 is 34.5. The van der Waals surface area contributed by atoms with E-state index >= 15 is 0 Å². The first-order chi connectivity index (χ1) is 18.6. The zero-order valence-corrected chi connectivity index (χ0v) is 23.5. The molecule has 3 amide bonds. The van der Waals surface area contributed by atoms with Crippen LogP contribution in [0.15, 0.2) is 70.3 Å². The number of thiophene rings is 1. The van der Waals surface area contributed by atoms with Crippen molar-refractivity contribution in [3.05, 3.63) is 71.6 Å². The van der Waals surface area contributed by atoms with Crippen molar-refractivity contribution in [3.63, 3.8) is 0 Å². The molecule has 1 aromatic heterocycles. The third-order valence-electron chi connectivity index (χ3n) is 6.50. The van der Waals surface area contributed by atoms with Gasteiger partial charge >= 0.3 is 6.03 Å². The van der Waals surface area contributed by atoms with E-state index in [1.54, 1.807) is 48.5 Å². The average molecular weight is 573 g/mol. The van der Waals surface area contributed by atoms with Crippen LogP contribution in [-0.4, -0.2) is 74.2 Å². The zero-order chi connectivity index (χ0) is 28.2. The number of aliphatic hydroxyl groups excluding tert-OH is 1. The zero-order valence-electron chi connectivity index (χ0n) is 21.9. The lowest BCUT2D eigenvalue weighted by Crippen LogP contribution is -2.50. The van der Waals surface area contributed by atoms with Gasteiger partial charge in [0.25, 0.3) is 15.9 Å². The van der Waals surface area contributed by atoms with Gasteiger partial charge in [0.2, 0.25) is 0 Å². The monoisotopic (exact) mass is 572 g/mol. The minimum Gasteiger partial charge on any atom is -0.487 e. The van der Waals surface area contributed by atoms with Crippen molar-refractivity contribution in [3.8, 4) is 5.75 Å². The number of sulfonamides is 1. The van der Waals surface area contributed by atoms with Crippen molar-refractivity contribution in [1.29, 1.82) is 0 Å². The molecule has 0 saturated heterocycles. The molecule has 3 N–H and O–H groups in total. The second-order valence-electron chi connectivity index (χ2n) is 9.55. The second kappa shape index (κ2) is 12.1. The summed E-state index contributed by atoms with van der Waals surface area (Å²) in [7, 11) is -2.16. The molecule has 3 aromatic rings. The molecule has 208 valence electrons. The Kier molecular flexibility index (Phi) is 8.78. The van der Waals surface area contributed by atoms with Gasteiger partial charge in [-0.3, -0.25) is 9.52 Å². The van der Waals surface area contributed by atoms with Crippen LogP contribution in [0.25, 0.3) is 0 Å². The topological polar surface area (TPSA) is 128 Å². The number of nitrogens with zero attached hydrogens (tertiary/aromatic N) is 2. The number of aliphatic hydroxyl groups is 1. The van der Waals surface area contributed by atoms with Crippen molar-refractivity contribution in [2.75, 3.05) is 36.8 Å². The predicted molar refractivity (Wildman–Crippen MR) is 151 cm³/mol. The number of benzene rings is 2. The molecule has 0 aliphatic carbocycles. The van der Waals surface area contributed by atoms with Crippen LogP contribution < -0.4 is 14.8 Å². The normalized spacial score (nSPS) is 18.3. The van der Waals surface area contributed by atoms with Gasteiger partial charge in [-0.15, -0.1) is 11.3 Å². The molecule has 4 rings (SSSR count). The lowest BCUT2D eigenvalue weighted by molar-refractivity contribution is 0.0371. The molecule has 0 radical (unpaired) electrons. The number of urea groups is 1. The molecule has 0 bridgehead atoms. The van der Waals surface area contributed by atoms with E-state index in [0.717, 1.165) is 11.3 Å². The van der Waals surface area contributed by atoms with Crippen molar-refractivity contribution < 1.29 is 27.9 Å². The first kappa shape index (κ1) is 28.4. The first-order valence-corrected chi connectivity index (χ1v) is 14.8. The summed E-state index contributed by atoms with van der Waals surface area (Å²) in [5.74, 6) is -0.313. The Morgan fingerprint density at radius 2 is 1.92 bits per heavy atom. The molecule has 12 heteroatoms. The average Bonchev–Trinajstić information content (AvgIpc) is 3.47. The van der Waals surface area contributed by atoms with E-state index in [2.05, 4.69) is 10.0 Å². The van der Waals surface area contributed by atoms with Gasteiger partial charge < -0.3 is 25.0 Å². The summed E-state index contributed by atoms with van der Waals surface area (Å²) in [5, 5.41) is 14.4. The Hall–Kier alpha value is -3.61. The van der Waals surface area contributed by atoms with Gasteiger partial charge in [-0.25, -0.2) is 13.2 Å². The summed E-state index contributed by atoms with van der Waals surface area (Å²) in [5.41, 5.74) is 1.03. The van der Waals surface area contributed by atoms with Crippen molar-refractivity contribution in [1.82, 2.24) is 9.80 Å². The number of ether oxygens (including phenoxy) is 1. The minimum atomic E-state index is -3.82. The van der Waals surface area contributed by atoms with Crippen LogP contribution in [0.4, 0.5) is 16.2 Å². The van der Waals surface area contributed by atoms with Gasteiger partial charge in [0, 0.05) is 30.9 Å². The summed E-state index contributed by atoms with van der Waals surface area (Å²) >= 11 is 1.09. The van der Waals surface area contributed by atoms with Gasteiger partial charge in [0.15, 0.2) is 0 Å². The number of nitrogens with one attached hydrogen (secondary N) is 2. The fourth-order valence-corrected chi connectivity index (χ4v) is 6.26. The van der Waals surface area contributed by atoms with E-state index in [-0.39, 0.29) is 58.8 Å². The number of para-hydroxylation sites is 1. The summed E-state index contributed by atoms with van der Waals surface area (Å²) in [4.78, 5) is 29.5. The highest BCUT2D eigenvalue weighted by atomic mass is 32.2. The van der Waals surface area contributed by atoms with Gasteiger partial charge in [-0.05, 0) is 48.7 Å². The fraction of sp³-hybridized carbons (Fsp3) is 0.333. The van der Waals surface area contributed by atoms with Gasteiger partial charge in [0.1, 0.15) is 16.1 Å². The van der Waals surface area contributed by atoms with E-state index in [4.69, 9.17) is 4.74 Å². The Morgan fingerprint density at radius 1 is 1.18 bits per heavy atom. The Labute approximate surface area is 232 Å². The van der Waals surface area contributed by atoms with Crippen LogP contribution in [0, 0.1) is 5.92 Å². The van der Waals surface area contributed by atoms with E-state index in [1.807, 2.05) is 25.1 Å². The summed E-state index contributed by atoms with van der Waals surface area (Å²) in [6.45, 7) is 3.91. The molecule has 39 heavy (non-hydrogen) atoms. The second-order valence-corrected chi connectivity index (χ2v) is 12.4. The summed E-state index contributed by atoms with van der Waals surface area (Å²) in [6, 6.07) is 16.0. The molecule has 0 spiro atoms. The number of likely N-dealkylation sites (N-methyl/N-ethyl adjacent to an activating group) is 1. The number of hydrogen-bond donors (Lipinski definition) is 3. The highest BCUT2D eigenvalue weighted by Gasteiger charge is 2.34. The van der Waals surface area contributed by atoms with Crippen LogP contribution in [0.3, 0.4) is 0 Å². The number of hydrogen-bond acceptors (Lipinski definition) is 7. The van der Waals surface area contributed by atoms with Crippen molar-refractivity contribution in [2.24, 2.45) is 5.92 Å². The SMILES string of the molecule is C[C@H]1CN([C@@H](C)CO)C(=O)c2cc(NS(=O)(=O)c3cccs3)ccc2O[C@H]1CN(C)C(=O)Nc1ccccc1. The highest BCUT2D eigenvalue weighted by molar-refractivity contribution is 7.94. The number of amides is 3. The van der Waals surface area contributed by atoms with Crippen LogP contribution in [0.5, 0.6) is 5.75 Å². The van der Waals surface area contributed by atoms with Crippen molar-refractivity contribution >= 4 is 44.7 Å². The maximum atomic E-state index is 13.6. The molecule has 0 saturated carbocycles. The van der Waals surface area contributed by atoms with E-state index in [9.17, 15) is 23.1 Å². The standard InChI is InChI=1S/C27H32N4O6S2/c1-18-15-31(19(2)17-32)26(33)22-14-21(29-39(35,36)25-10-7-13-38-25)11-12-23(22)37-24(18)16-30(3)27(34)28-20-8-5-4-6-9-20/h4-14,18-19,24,29,32H,15-17H2,1-3H3,(H,28,34)/t18-,19-,24-/m0/s1. The fourth-order valence-electron chi connectivity index (χ4n) is 4.22. The Bertz CT molecular complexity index is 1400. The third-order valence-corrected chi connectivity index (χ3v) is 9.28. The molecule has 10 nitrogen and oxygen atoms in total. The number of fused-ring (bicyclic) bond motifs is 1. The largest absolute Gasteiger partial charge is 0.487 e. The van der Waals surface area contributed by atoms with E-state index in [0.29, 0.717) is 5.69 Å². The summed E-state index contributed by atoms with van der Waals surface area (Å²) in [6.07, 6.45) is -0.495. The molecular weight excluding hydrogens is 540 g/mol. The molecule has 2 heterocycles. The molecule has 0 fully saturated rings. The van der Waals surface area contributed by atoms with Crippen LogP contribution in [-0.2, 0) is 10.0 Å². The first-order valence-electron chi connectivity index (χ1n) is 12.4. The molecule has 1 aliphatic rings. The van der Waals surface area contributed by atoms with E-state index in [1.165, 1.54) is 23.1 Å². The lowest BCUT2D eigenvalue weighted by atomic mass is 9.99. The highest BCUT2D eigenvalue weighted by Crippen LogP contribution is 2.32. The lowest BCUT2D eigenvalue weighted by Gasteiger charge is -2.38. The maximum absolute atomic E-state index is 13.6. The van der Waals surface area contributed by atoms with Gasteiger partial charge in [0.05, 0.1) is 24.8 Å². The third kappa shape index (κ3) is 6.70. The maximum Gasteiger partial charge on any atom is 0.321 e. The van der Waals surface area contributed by atoms with Crippen molar-refractivity contribution in [2.45, 2.75) is 30.2 Å². The van der Waals surface area contributed by atoms with E-state index < -0.39 is 22.2 Å². The predicted octanol–water partition coefficient (Wildman–Crippen LogP) is 3.93. The smallest absolute Gasteiger partial charge is 0.321 e. The van der Waals surface area contributed by atoms with Crippen LogP contribution in [0.2, 0.25) is 0 Å². The molecule has 3 atom stereocenters. The van der Waals surface area contributed by atoms with Crippen LogP contribution >= 0.6 is 11.3 Å². The molecule has 0 unspecified atom stereocenters. The Balaban J connectivity index is 1.61. The molecular formula is C27H32N4O6S2. The number of anilines is 2. The quantitative estimate of drug-likeness (QED) is 0.375.